The second-order valence-corrected chi connectivity index (χ2v) is 4.61. The highest BCUT2D eigenvalue weighted by molar-refractivity contribution is 5.56. The first kappa shape index (κ1) is 14.9. The van der Waals surface area contributed by atoms with Gasteiger partial charge < -0.3 is 5.32 Å². The van der Waals surface area contributed by atoms with E-state index in [0.717, 1.165) is 24.1 Å². The lowest BCUT2D eigenvalue weighted by atomic mass is 10.0. The molecule has 108 valence electrons. The van der Waals surface area contributed by atoms with Crippen LogP contribution in [-0.4, -0.2) is 10.2 Å². The van der Waals surface area contributed by atoms with E-state index >= 15 is 0 Å². The topological polar surface area (TPSA) is 61.6 Å². The van der Waals surface area contributed by atoms with Gasteiger partial charge in [0, 0.05) is 12.1 Å². The van der Waals surface area contributed by atoms with Crippen molar-refractivity contribution in [2.75, 3.05) is 5.32 Å². The zero-order valence-corrected chi connectivity index (χ0v) is 12.2. The Morgan fingerprint density at radius 1 is 1.19 bits per heavy atom. The van der Waals surface area contributed by atoms with Gasteiger partial charge in [-0.15, -0.1) is 5.10 Å². The zero-order chi connectivity index (χ0) is 15.2. The first-order valence-electron chi connectivity index (χ1n) is 6.97. The molecule has 0 amide bonds. The molecule has 2 rings (SSSR count). The monoisotopic (exact) mass is 284 g/mol. The molecule has 1 heterocycles. The SMILES string of the molecule is CCc1nnc(NCc2ccccc2F)c(C#N)c1CC. The zero-order valence-electron chi connectivity index (χ0n) is 12.2. The van der Waals surface area contributed by atoms with Crippen molar-refractivity contribution in [1.29, 1.82) is 5.26 Å². The summed E-state index contributed by atoms with van der Waals surface area (Å²) in [6.07, 6.45) is 1.45. The van der Waals surface area contributed by atoms with Crippen LogP contribution in [0, 0.1) is 17.1 Å². The molecular formula is C16H17FN4. The molecule has 0 radical (unpaired) electrons. The molecule has 1 N–H and O–H groups in total. The van der Waals surface area contributed by atoms with Crippen molar-refractivity contribution in [3.05, 3.63) is 52.5 Å². The predicted octanol–water partition coefficient (Wildman–Crippen LogP) is 3.22. The number of hydrogen-bond acceptors (Lipinski definition) is 4. The Balaban J connectivity index is 2.29. The smallest absolute Gasteiger partial charge is 0.167 e. The minimum atomic E-state index is -0.280. The van der Waals surface area contributed by atoms with Crippen molar-refractivity contribution in [3.8, 4) is 6.07 Å². The maximum absolute atomic E-state index is 13.6. The fourth-order valence-corrected chi connectivity index (χ4v) is 2.24. The van der Waals surface area contributed by atoms with Crippen LogP contribution in [0.25, 0.3) is 0 Å². The maximum atomic E-state index is 13.6. The molecule has 0 fully saturated rings. The third kappa shape index (κ3) is 3.16. The Kier molecular flexibility index (Phi) is 4.83. The summed E-state index contributed by atoms with van der Waals surface area (Å²) < 4.78 is 13.6. The average Bonchev–Trinajstić information content (AvgIpc) is 2.52. The van der Waals surface area contributed by atoms with Crippen molar-refractivity contribution in [2.45, 2.75) is 33.2 Å². The second-order valence-electron chi connectivity index (χ2n) is 4.61. The molecule has 5 heteroatoms. The van der Waals surface area contributed by atoms with Crippen LogP contribution in [0.15, 0.2) is 24.3 Å². The van der Waals surface area contributed by atoms with Gasteiger partial charge in [-0.2, -0.15) is 10.4 Å². The van der Waals surface area contributed by atoms with Crippen LogP contribution in [0.2, 0.25) is 0 Å². The molecule has 0 aliphatic carbocycles. The van der Waals surface area contributed by atoms with Crippen molar-refractivity contribution in [1.82, 2.24) is 10.2 Å². The molecule has 4 nitrogen and oxygen atoms in total. The lowest BCUT2D eigenvalue weighted by Gasteiger charge is -2.12. The molecule has 1 aromatic heterocycles. The van der Waals surface area contributed by atoms with Gasteiger partial charge in [0.1, 0.15) is 17.4 Å². The Hall–Kier alpha value is -2.48. The number of halogens is 1. The van der Waals surface area contributed by atoms with Gasteiger partial charge in [0.2, 0.25) is 0 Å². The minimum absolute atomic E-state index is 0.269. The second kappa shape index (κ2) is 6.80. The minimum Gasteiger partial charge on any atom is -0.363 e. The quantitative estimate of drug-likeness (QED) is 0.915. The predicted molar refractivity (Wildman–Crippen MR) is 79.2 cm³/mol. The van der Waals surface area contributed by atoms with E-state index in [0.29, 0.717) is 16.9 Å². The molecule has 21 heavy (non-hydrogen) atoms. The molecule has 0 saturated heterocycles. The highest BCUT2D eigenvalue weighted by Gasteiger charge is 2.14. The van der Waals surface area contributed by atoms with Gasteiger partial charge in [-0.25, -0.2) is 4.39 Å². The van der Waals surface area contributed by atoms with E-state index in [1.807, 2.05) is 13.8 Å². The highest BCUT2D eigenvalue weighted by atomic mass is 19.1. The number of nitrogens with zero attached hydrogens (tertiary/aromatic N) is 3. The number of aromatic nitrogens is 2. The molecule has 0 saturated carbocycles. The van der Waals surface area contributed by atoms with Gasteiger partial charge in [-0.1, -0.05) is 32.0 Å². The van der Waals surface area contributed by atoms with Crippen molar-refractivity contribution >= 4 is 5.82 Å². The molecule has 0 aliphatic heterocycles. The van der Waals surface area contributed by atoms with Gasteiger partial charge in [0.05, 0.1) is 5.69 Å². The average molecular weight is 284 g/mol. The van der Waals surface area contributed by atoms with Crippen molar-refractivity contribution < 1.29 is 4.39 Å². The van der Waals surface area contributed by atoms with E-state index in [1.165, 1.54) is 6.07 Å². The van der Waals surface area contributed by atoms with Crippen LogP contribution in [0.1, 0.15) is 36.2 Å². The van der Waals surface area contributed by atoms with Crippen LogP contribution in [0.4, 0.5) is 10.2 Å². The molecule has 1 aromatic carbocycles. The molecule has 0 bridgehead atoms. The third-order valence-electron chi connectivity index (χ3n) is 3.36. The summed E-state index contributed by atoms with van der Waals surface area (Å²) in [5, 5.41) is 20.6. The fourth-order valence-electron chi connectivity index (χ4n) is 2.24. The number of rotatable bonds is 5. The lowest BCUT2D eigenvalue weighted by molar-refractivity contribution is 0.612. The number of aryl methyl sites for hydroxylation is 1. The normalized spacial score (nSPS) is 10.2. The van der Waals surface area contributed by atoms with Crippen LogP contribution < -0.4 is 5.32 Å². The van der Waals surface area contributed by atoms with Gasteiger partial charge in [-0.3, -0.25) is 0 Å². The first-order chi connectivity index (χ1) is 10.2. The van der Waals surface area contributed by atoms with Crippen molar-refractivity contribution in [3.63, 3.8) is 0 Å². The van der Waals surface area contributed by atoms with Crippen LogP contribution in [0.3, 0.4) is 0 Å². The summed E-state index contributed by atoms with van der Waals surface area (Å²) >= 11 is 0. The Morgan fingerprint density at radius 3 is 2.57 bits per heavy atom. The number of nitrogens with one attached hydrogen (secondary N) is 1. The lowest BCUT2D eigenvalue weighted by Crippen LogP contribution is -2.10. The molecule has 2 aromatic rings. The molecule has 0 unspecified atom stereocenters. The van der Waals surface area contributed by atoms with E-state index in [2.05, 4.69) is 21.6 Å². The largest absolute Gasteiger partial charge is 0.363 e. The summed E-state index contributed by atoms with van der Waals surface area (Å²) in [6, 6.07) is 8.70. The van der Waals surface area contributed by atoms with Gasteiger partial charge in [-0.05, 0) is 24.5 Å². The Labute approximate surface area is 123 Å². The molecular weight excluding hydrogens is 267 g/mol. The van der Waals surface area contributed by atoms with Crippen LogP contribution in [-0.2, 0) is 19.4 Å². The standard InChI is InChI=1S/C16H17FN4/c1-3-12-13(9-18)16(21-20-15(12)4-2)19-10-11-7-5-6-8-14(11)17/h5-8H,3-4,10H2,1-2H3,(H,19,21). The van der Waals surface area contributed by atoms with E-state index < -0.39 is 0 Å². The first-order valence-corrected chi connectivity index (χ1v) is 6.97. The summed E-state index contributed by atoms with van der Waals surface area (Å²) in [5.41, 5.74) is 2.78. The number of hydrogen-bond donors (Lipinski definition) is 1. The molecule has 0 aliphatic rings. The Bertz CT molecular complexity index is 676. The van der Waals surface area contributed by atoms with E-state index in [1.54, 1.807) is 18.2 Å². The van der Waals surface area contributed by atoms with Crippen LogP contribution >= 0.6 is 0 Å². The molecule has 0 atom stereocenters. The van der Waals surface area contributed by atoms with Gasteiger partial charge >= 0.3 is 0 Å². The van der Waals surface area contributed by atoms with Gasteiger partial charge in [0.25, 0.3) is 0 Å². The summed E-state index contributed by atoms with van der Waals surface area (Å²) in [4.78, 5) is 0. The van der Waals surface area contributed by atoms with Crippen LogP contribution in [0.5, 0.6) is 0 Å². The summed E-state index contributed by atoms with van der Waals surface area (Å²) in [6.45, 7) is 4.24. The van der Waals surface area contributed by atoms with E-state index in [-0.39, 0.29) is 12.4 Å². The molecule has 0 spiro atoms. The Morgan fingerprint density at radius 2 is 1.95 bits per heavy atom. The number of benzene rings is 1. The summed E-state index contributed by atoms with van der Waals surface area (Å²) in [5.74, 6) is 0.132. The van der Waals surface area contributed by atoms with E-state index in [4.69, 9.17) is 0 Å². The summed E-state index contributed by atoms with van der Waals surface area (Å²) in [7, 11) is 0. The van der Waals surface area contributed by atoms with Gasteiger partial charge in [0.15, 0.2) is 5.82 Å². The number of anilines is 1. The maximum Gasteiger partial charge on any atom is 0.167 e. The fraction of sp³-hybridized carbons (Fsp3) is 0.312. The third-order valence-corrected chi connectivity index (χ3v) is 3.36. The van der Waals surface area contributed by atoms with E-state index in [9.17, 15) is 9.65 Å². The highest BCUT2D eigenvalue weighted by Crippen LogP contribution is 2.20. The number of nitriles is 1. The van der Waals surface area contributed by atoms with Crippen molar-refractivity contribution in [2.24, 2.45) is 0 Å².